The molecule has 0 bridgehead atoms. The summed E-state index contributed by atoms with van der Waals surface area (Å²) in [7, 11) is 2.09. The van der Waals surface area contributed by atoms with E-state index in [0.717, 1.165) is 38.9 Å². The predicted octanol–water partition coefficient (Wildman–Crippen LogP) is -0.112. The zero-order chi connectivity index (χ0) is 10.8. The highest BCUT2D eigenvalue weighted by Crippen LogP contribution is 2.24. The average molecular weight is 211 g/mol. The van der Waals surface area contributed by atoms with Crippen molar-refractivity contribution in [1.82, 2.24) is 9.80 Å². The summed E-state index contributed by atoms with van der Waals surface area (Å²) < 4.78 is 0. The number of carbonyl (C=O) groups is 1. The minimum Gasteiger partial charge on any atom is -0.338 e. The van der Waals surface area contributed by atoms with Crippen molar-refractivity contribution in [1.29, 1.82) is 0 Å². The normalized spacial score (nSPS) is 32.5. The van der Waals surface area contributed by atoms with Crippen molar-refractivity contribution in [3.8, 4) is 0 Å². The standard InChI is InChI=1S/C11H21N3O/c1-13-5-2-3-9(8-13)11(15)14-6-4-10(14)7-12/h9-10H,2-8,12H2,1H3. The molecule has 4 nitrogen and oxygen atoms in total. The Bertz CT molecular complexity index is 242. The van der Waals surface area contributed by atoms with Crippen LogP contribution in [0.1, 0.15) is 19.3 Å². The molecule has 0 aromatic rings. The van der Waals surface area contributed by atoms with Crippen molar-refractivity contribution in [3.63, 3.8) is 0 Å². The second-order valence-corrected chi connectivity index (χ2v) is 4.81. The molecule has 0 aromatic heterocycles. The van der Waals surface area contributed by atoms with Crippen LogP contribution in [0.4, 0.5) is 0 Å². The van der Waals surface area contributed by atoms with E-state index in [0.29, 0.717) is 18.5 Å². The first-order valence-corrected chi connectivity index (χ1v) is 5.91. The molecule has 2 aliphatic heterocycles. The minimum absolute atomic E-state index is 0.220. The molecular weight excluding hydrogens is 190 g/mol. The molecule has 2 saturated heterocycles. The summed E-state index contributed by atoms with van der Waals surface area (Å²) in [5, 5.41) is 0. The van der Waals surface area contributed by atoms with Crippen molar-refractivity contribution >= 4 is 5.91 Å². The van der Waals surface area contributed by atoms with Crippen molar-refractivity contribution < 1.29 is 4.79 Å². The summed E-state index contributed by atoms with van der Waals surface area (Å²) in [4.78, 5) is 16.4. The summed E-state index contributed by atoms with van der Waals surface area (Å²) in [6.45, 7) is 3.59. The lowest BCUT2D eigenvalue weighted by Gasteiger charge is -2.43. The monoisotopic (exact) mass is 211 g/mol. The molecule has 0 saturated carbocycles. The maximum absolute atomic E-state index is 12.1. The SMILES string of the molecule is CN1CCCC(C(=O)N2CCC2CN)C1. The van der Waals surface area contributed by atoms with Crippen LogP contribution in [0.5, 0.6) is 0 Å². The first-order chi connectivity index (χ1) is 7.22. The van der Waals surface area contributed by atoms with Gasteiger partial charge < -0.3 is 15.5 Å². The Labute approximate surface area is 91.4 Å². The third-order valence-corrected chi connectivity index (χ3v) is 3.67. The Kier molecular flexibility index (Phi) is 3.26. The van der Waals surface area contributed by atoms with Crippen molar-refractivity contribution in [2.45, 2.75) is 25.3 Å². The van der Waals surface area contributed by atoms with Gasteiger partial charge in [0.05, 0.1) is 5.92 Å². The van der Waals surface area contributed by atoms with Gasteiger partial charge >= 0.3 is 0 Å². The van der Waals surface area contributed by atoms with Gasteiger partial charge in [0, 0.05) is 25.7 Å². The van der Waals surface area contributed by atoms with Gasteiger partial charge in [-0.05, 0) is 32.9 Å². The fourth-order valence-electron chi connectivity index (χ4n) is 2.58. The van der Waals surface area contributed by atoms with Gasteiger partial charge in [-0.3, -0.25) is 4.79 Å². The van der Waals surface area contributed by atoms with Gasteiger partial charge in [0.15, 0.2) is 0 Å². The van der Waals surface area contributed by atoms with Crippen LogP contribution < -0.4 is 5.73 Å². The molecule has 0 aliphatic carbocycles. The molecule has 2 rings (SSSR count). The minimum atomic E-state index is 0.220. The molecule has 2 aliphatic rings. The zero-order valence-corrected chi connectivity index (χ0v) is 9.48. The van der Waals surface area contributed by atoms with Crippen molar-refractivity contribution in [2.24, 2.45) is 11.7 Å². The third-order valence-electron chi connectivity index (χ3n) is 3.67. The largest absolute Gasteiger partial charge is 0.338 e. The van der Waals surface area contributed by atoms with Crippen LogP contribution in [0.15, 0.2) is 0 Å². The van der Waals surface area contributed by atoms with Gasteiger partial charge in [0.25, 0.3) is 0 Å². The number of likely N-dealkylation sites (tertiary alicyclic amines) is 2. The van der Waals surface area contributed by atoms with Crippen LogP contribution in [0, 0.1) is 5.92 Å². The summed E-state index contributed by atoms with van der Waals surface area (Å²) in [5.41, 5.74) is 5.61. The number of nitrogens with zero attached hydrogens (tertiary/aromatic N) is 2. The van der Waals surface area contributed by atoms with E-state index >= 15 is 0 Å². The molecule has 2 unspecified atom stereocenters. The summed E-state index contributed by atoms with van der Waals surface area (Å²) in [6.07, 6.45) is 3.29. The molecule has 86 valence electrons. The van der Waals surface area contributed by atoms with Gasteiger partial charge in [-0.2, -0.15) is 0 Å². The Morgan fingerprint density at radius 3 is 2.73 bits per heavy atom. The second-order valence-electron chi connectivity index (χ2n) is 4.81. The van der Waals surface area contributed by atoms with Crippen LogP contribution >= 0.6 is 0 Å². The first-order valence-electron chi connectivity index (χ1n) is 5.91. The molecule has 4 heteroatoms. The highest BCUT2D eigenvalue weighted by Gasteiger charge is 2.35. The van der Waals surface area contributed by atoms with Gasteiger partial charge in [-0.1, -0.05) is 0 Å². The third kappa shape index (κ3) is 2.16. The Morgan fingerprint density at radius 1 is 1.40 bits per heavy atom. The number of hydrogen-bond acceptors (Lipinski definition) is 3. The van der Waals surface area contributed by atoms with Crippen LogP contribution in [-0.2, 0) is 4.79 Å². The molecule has 2 fully saturated rings. The van der Waals surface area contributed by atoms with Crippen molar-refractivity contribution in [2.75, 3.05) is 33.2 Å². The highest BCUT2D eigenvalue weighted by molar-refractivity contribution is 5.80. The fraction of sp³-hybridized carbons (Fsp3) is 0.909. The summed E-state index contributed by atoms with van der Waals surface area (Å²) in [5.74, 6) is 0.557. The lowest BCUT2D eigenvalue weighted by atomic mass is 9.93. The number of piperidine rings is 1. The Balaban J connectivity index is 1.89. The average Bonchev–Trinajstić information content (AvgIpc) is 2.17. The van der Waals surface area contributed by atoms with E-state index < -0.39 is 0 Å². The maximum atomic E-state index is 12.1. The molecule has 0 spiro atoms. The lowest BCUT2D eigenvalue weighted by molar-refractivity contribution is -0.144. The summed E-state index contributed by atoms with van der Waals surface area (Å²) in [6, 6.07) is 0.324. The van der Waals surface area contributed by atoms with E-state index in [4.69, 9.17) is 5.73 Å². The van der Waals surface area contributed by atoms with Gasteiger partial charge in [0.1, 0.15) is 0 Å². The quantitative estimate of drug-likeness (QED) is 0.693. The van der Waals surface area contributed by atoms with Crippen LogP contribution in [-0.4, -0.2) is 55.0 Å². The van der Waals surface area contributed by atoms with E-state index in [-0.39, 0.29) is 5.92 Å². The topological polar surface area (TPSA) is 49.6 Å². The molecule has 1 amide bonds. The maximum Gasteiger partial charge on any atom is 0.227 e. The lowest BCUT2D eigenvalue weighted by Crippen LogP contribution is -2.57. The number of hydrogen-bond donors (Lipinski definition) is 1. The molecule has 0 aromatic carbocycles. The Hall–Kier alpha value is -0.610. The highest BCUT2D eigenvalue weighted by atomic mass is 16.2. The van der Waals surface area contributed by atoms with E-state index in [1.807, 2.05) is 4.90 Å². The number of carbonyl (C=O) groups excluding carboxylic acids is 1. The predicted molar refractivity (Wildman–Crippen MR) is 59.4 cm³/mol. The van der Waals surface area contributed by atoms with Gasteiger partial charge in [-0.25, -0.2) is 0 Å². The Morgan fingerprint density at radius 2 is 2.20 bits per heavy atom. The fourth-order valence-corrected chi connectivity index (χ4v) is 2.58. The number of amides is 1. The van der Waals surface area contributed by atoms with E-state index in [9.17, 15) is 4.79 Å². The summed E-state index contributed by atoms with van der Waals surface area (Å²) >= 11 is 0. The zero-order valence-electron chi connectivity index (χ0n) is 9.48. The van der Waals surface area contributed by atoms with Crippen LogP contribution in [0.3, 0.4) is 0 Å². The van der Waals surface area contributed by atoms with E-state index in [2.05, 4.69) is 11.9 Å². The molecule has 2 atom stereocenters. The van der Waals surface area contributed by atoms with Crippen LogP contribution in [0.2, 0.25) is 0 Å². The van der Waals surface area contributed by atoms with E-state index in [1.54, 1.807) is 0 Å². The molecule has 2 heterocycles. The first kappa shape index (κ1) is 10.9. The number of nitrogens with two attached hydrogens (primary N) is 1. The number of rotatable bonds is 2. The van der Waals surface area contributed by atoms with Crippen LogP contribution in [0.25, 0.3) is 0 Å². The van der Waals surface area contributed by atoms with Gasteiger partial charge in [0.2, 0.25) is 5.91 Å². The van der Waals surface area contributed by atoms with E-state index in [1.165, 1.54) is 0 Å². The molecule has 15 heavy (non-hydrogen) atoms. The second kappa shape index (κ2) is 4.49. The molecular formula is C11H21N3O. The molecule has 0 radical (unpaired) electrons. The van der Waals surface area contributed by atoms with Crippen molar-refractivity contribution in [3.05, 3.63) is 0 Å². The smallest absolute Gasteiger partial charge is 0.227 e. The van der Waals surface area contributed by atoms with Gasteiger partial charge in [-0.15, -0.1) is 0 Å². The molecule has 2 N–H and O–H groups in total.